The zero-order valence-electron chi connectivity index (χ0n) is 11.0. The lowest BCUT2D eigenvalue weighted by Crippen LogP contribution is -2.15. The summed E-state index contributed by atoms with van der Waals surface area (Å²) < 4.78 is 11.2. The Hall–Kier alpha value is -1.22. The van der Waals surface area contributed by atoms with Crippen LogP contribution < -0.4 is 14.8 Å². The third-order valence-corrected chi connectivity index (χ3v) is 2.39. The molecule has 0 bridgehead atoms. The van der Waals surface area contributed by atoms with E-state index in [4.69, 9.17) is 9.47 Å². The molecule has 0 unspecified atom stereocenters. The standard InChI is InChI=1S/C14H23NO2/c1-12(2)7-9-16-13-5-4-6-14(11-13)17-10-8-15-3/h4-6,11-12,15H,7-10H2,1-3H3. The minimum absolute atomic E-state index is 0.671. The van der Waals surface area contributed by atoms with Crippen molar-refractivity contribution in [3.8, 4) is 11.5 Å². The average molecular weight is 237 g/mol. The summed E-state index contributed by atoms with van der Waals surface area (Å²) in [4.78, 5) is 0. The van der Waals surface area contributed by atoms with Crippen LogP contribution in [-0.2, 0) is 0 Å². The van der Waals surface area contributed by atoms with Gasteiger partial charge in [0, 0.05) is 12.6 Å². The lowest BCUT2D eigenvalue weighted by Gasteiger charge is -2.10. The molecule has 0 amide bonds. The fourth-order valence-electron chi connectivity index (χ4n) is 1.34. The molecule has 1 aromatic rings. The number of benzene rings is 1. The van der Waals surface area contributed by atoms with Crippen molar-refractivity contribution in [3.63, 3.8) is 0 Å². The SMILES string of the molecule is CNCCOc1cccc(OCCC(C)C)c1. The molecular weight excluding hydrogens is 214 g/mol. The number of ether oxygens (including phenoxy) is 2. The van der Waals surface area contributed by atoms with E-state index in [-0.39, 0.29) is 0 Å². The van der Waals surface area contributed by atoms with E-state index in [0.717, 1.165) is 31.1 Å². The topological polar surface area (TPSA) is 30.5 Å². The molecule has 0 aliphatic heterocycles. The van der Waals surface area contributed by atoms with E-state index < -0.39 is 0 Å². The van der Waals surface area contributed by atoms with E-state index >= 15 is 0 Å². The monoisotopic (exact) mass is 237 g/mol. The van der Waals surface area contributed by atoms with Crippen LogP contribution >= 0.6 is 0 Å². The van der Waals surface area contributed by atoms with Crippen molar-refractivity contribution < 1.29 is 9.47 Å². The van der Waals surface area contributed by atoms with Gasteiger partial charge in [-0.1, -0.05) is 19.9 Å². The van der Waals surface area contributed by atoms with Crippen LogP contribution in [0.15, 0.2) is 24.3 Å². The summed E-state index contributed by atoms with van der Waals surface area (Å²) in [5, 5.41) is 3.04. The Morgan fingerprint density at radius 1 is 1.12 bits per heavy atom. The van der Waals surface area contributed by atoms with Gasteiger partial charge in [0.25, 0.3) is 0 Å². The highest BCUT2D eigenvalue weighted by Crippen LogP contribution is 2.19. The summed E-state index contributed by atoms with van der Waals surface area (Å²) >= 11 is 0. The summed E-state index contributed by atoms with van der Waals surface area (Å²) in [6.07, 6.45) is 1.07. The van der Waals surface area contributed by atoms with Crippen LogP contribution in [-0.4, -0.2) is 26.8 Å². The van der Waals surface area contributed by atoms with Gasteiger partial charge in [-0.2, -0.15) is 0 Å². The van der Waals surface area contributed by atoms with Gasteiger partial charge in [-0.25, -0.2) is 0 Å². The van der Waals surface area contributed by atoms with E-state index in [2.05, 4.69) is 19.2 Å². The Bertz CT molecular complexity index is 313. The number of likely N-dealkylation sites (N-methyl/N-ethyl adjacent to an activating group) is 1. The third kappa shape index (κ3) is 6.17. The van der Waals surface area contributed by atoms with E-state index in [1.165, 1.54) is 0 Å². The Kier molecular flexibility index (Phi) is 6.48. The van der Waals surface area contributed by atoms with Gasteiger partial charge in [0.1, 0.15) is 18.1 Å². The fourth-order valence-corrected chi connectivity index (χ4v) is 1.34. The van der Waals surface area contributed by atoms with Crippen LogP contribution in [0.4, 0.5) is 0 Å². The van der Waals surface area contributed by atoms with Gasteiger partial charge in [0.2, 0.25) is 0 Å². The van der Waals surface area contributed by atoms with E-state index in [1.54, 1.807) is 0 Å². The molecule has 0 fully saturated rings. The highest BCUT2D eigenvalue weighted by Gasteiger charge is 1.99. The highest BCUT2D eigenvalue weighted by atomic mass is 16.5. The summed E-state index contributed by atoms with van der Waals surface area (Å²) in [7, 11) is 1.91. The Morgan fingerprint density at radius 3 is 2.35 bits per heavy atom. The van der Waals surface area contributed by atoms with Crippen LogP contribution in [0.25, 0.3) is 0 Å². The molecule has 0 aliphatic rings. The average Bonchev–Trinajstić information content (AvgIpc) is 2.29. The molecule has 0 saturated heterocycles. The van der Waals surface area contributed by atoms with Crippen molar-refractivity contribution in [2.75, 3.05) is 26.8 Å². The molecule has 1 N–H and O–H groups in total. The first-order valence-electron chi connectivity index (χ1n) is 6.22. The molecule has 0 saturated carbocycles. The molecule has 3 nitrogen and oxygen atoms in total. The lowest BCUT2D eigenvalue weighted by atomic mass is 10.1. The minimum Gasteiger partial charge on any atom is -0.493 e. The number of hydrogen-bond donors (Lipinski definition) is 1. The van der Waals surface area contributed by atoms with Crippen LogP contribution in [0.3, 0.4) is 0 Å². The van der Waals surface area contributed by atoms with Crippen molar-refractivity contribution in [3.05, 3.63) is 24.3 Å². The maximum absolute atomic E-state index is 5.67. The number of rotatable bonds is 8. The maximum atomic E-state index is 5.67. The van der Waals surface area contributed by atoms with Crippen LogP contribution in [0.5, 0.6) is 11.5 Å². The summed E-state index contributed by atoms with van der Waals surface area (Å²) in [6, 6.07) is 7.81. The predicted molar refractivity (Wildman–Crippen MR) is 70.8 cm³/mol. The molecule has 96 valence electrons. The Morgan fingerprint density at radius 2 is 1.76 bits per heavy atom. The first kappa shape index (κ1) is 13.8. The third-order valence-electron chi connectivity index (χ3n) is 2.39. The molecule has 17 heavy (non-hydrogen) atoms. The quantitative estimate of drug-likeness (QED) is 0.705. The van der Waals surface area contributed by atoms with Crippen molar-refractivity contribution in [2.24, 2.45) is 5.92 Å². The summed E-state index contributed by atoms with van der Waals surface area (Å²) in [5.41, 5.74) is 0. The van der Waals surface area contributed by atoms with Gasteiger partial charge in [-0.15, -0.1) is 0 Å². The molecule has 0 aromatic heterocycles. The van der Waals surface area contributed by atoms with Crippen LogP contribution in [0.2, 0.25) is 0 Å². The van der Waals surface area contributed by atoms with Gasteiger partial charge < -0.3 is 14.8 Å². The summed E-state index contributed by atoms with van der Waals surface area (Å²) in [6.45, 7) is 6.67. The molecule has 0 spiro atoms. The molecule has 1 aromatic carbocycles. The van der Waals surface area contributed by atoms with Crippen molar-refractivity contribution in [2.45, 2.75) is 20.3 Å². The van der Waals surface area contributed by atoms with Crippen molar-refractivity contribution in [1.29, 1.82) is 0 Å². The maximum Gasteiger partial charge on any atom is 0.123 e. The second-order valence-corrected chi connectivity index (χ2v) is 4.46. The second kappa shape index (κ2) is 7.96. The Balaban J connectivity index is 2.37. The minimum atomic E-state index is 0.671. The number of hydrogen-bond acceptors (Lipinski definition) is 3. The molecular formula is C14H23NO2. The van der Waals surface area contributed by atoms with Crippen LogP contribution in [0.1, 0.15) is 20.3 Å². The van der Waals surface area contributed by atoms with E-state index in [1.807, 2.05) is 31.3 Å². The van der Waals surface area contributed by atoms with Gasteiger partial charge >= 0.3 is 0 Å². The van der Waals surface area contributed by atoms with Crippen LogP contribution in [0, 0.1) is 5.92 Å². The molecule has 0 heterocycles. The van der Waals surface area contributed by atoms with E-state index in [9.17, 15) is 0 Å². The zero-order valence-corrected chi connectivity index (χ0v) is 11.0. The first-order valence-corrected chi connectivity index (χ1v) is 6.22. The molecule has 3 heteroatoms. The van der Waals surface area contributed by atoms with Gasteiger partial charge in [0.05, 0.1) is 6.61 Å². The second-order valence-electron chi connectivity index (χ2n) is 4.46. The van der Waals surface area contributed by atoms with Crippen molar-refractivity contribution >= 4 is 0 Å². The largest absolute Gasteiger partial charge is 0.493 e. The predicted octanol–water partition coefficient (Wildman–Crippen LogP) is 2.71. The zero-order chi connectivity index (χ0) is 12.5. The molecule has 0 aliphatic carbocycles. The molecule has 1 rings (SSSR count). The number of nitrogens with one attached hydrogen (secondary N) is 1. The van der Waals surface area contributed by atoms with Gasteiger partial charge in [-0.05, 0) is 31.5 Å². The van der Waals surface area contributed by atoms with Gasteiger partial charge in [-0.3, -0.25) is 0 Å². The smallest absolute Gasteiger partial charge is 0.123 e. The van der Waals surface area contributed by atoms with E-state index in [0.29, 0.717) is 12.5 Å². The molecule has 0 radical (unpaired) electrons. The van der Waals surface area contributed by atoms with Gasteiger partial charge in [0.15, 0.2) is 0 Å². The molecule has 0 atom stereocenters. The Labute approximate surface area is 104 Å². The first-order chi connectivity index (χ1) is 8.22. The lowest BCUT2D eigenvalue weighted by molar-refractivity contribution is 0.283. The highest BCUT2D eigenvalue weighted by molar-refractivity contribution is 5.32. The van der Waals surface area contributed by atoms with Crippen molar-refractivity contribution in [1.82, 2.24) is 5.32 Å². The summed E-state index contributed by atoms with van der Waals surface area (Å²) in [5.74, 6) is 2.42. The fraction of sp³-hybridized carbons (Fsp3) is 0.571. The normalized spacial score (nSPS) is 10.6.